The maximum atomic E-state index is 6.06. The van der Waals surface area contributed by atoms with E-state index < -0.39 is 0 Å². The van der Waals surface area contributed by atoms with Gasteiger partial charge in [0.25, 0.3) is 0 Å². The van der Waals surface area contributed by atoms with Gasteiger partial charge in [-0.1, -0.05) is 47.5 Å². The molecule has 19 heavy (non-hydrogen) atoms. The van der Waals surface area contributed by atoms with E-state index in [9.17, 15) is 0 Å². The molecular formula is C15H15Cl2NO. The highest BCUT2D eigenvalue weighted by molar-refractivity contribution is 6.35. The third kappa shape index (κ3) is 4.13. The van der Waals surface area contributed by atoms with Crippen LogP contribution in [0, 0.1) is 0 Å². The molecule has 0 unspecified atom stereocenters. The van der Waals surface area contributed by atoms with Crippen molar-refractivity contribution in [1.29, 1.82) is 0 Å². The van der Waals surface area contributed by atoms with Crippen molar-refractivity contribution in [2.45, 2.75) is 13.2 Å². The van der Waals surface area contributed by atoms with Crippen molar-refractivity contribution in [3.63, 3.8) is 0 Å². The Bertz CT molecular complexity index is 558. The molecule has 0 heterocycles. The quantitative estimate of drug-likeness (QED) is 0.888. The van der Waals surface area contributed by atoms with Crippen molar-refractivity contribution in [2.75, 3.05) is 7.05 Å². The molecule has 2 aromatic carbocycles. The van der Waals surface area contributed by atoms with Crippen molar-refractivity contribution in [2.24, 2.45) is 0 Å². The van der Waals surface area contributed by atoms with Crippen LogP contribution in [0.1, 0.15) is 11.1 Å². The van der Waals surface area contributed by atoms with E-state index in [0.717, 1.165) is 12.1 Å². The Morgan fingerprint density at radius 3 is 2.58 bits per heavy atom. The van der Waals surface area contributed by atoms with Gasteiger partial charge >= 0.3 is 0 Å². The normalized spacial score (nSPS) is 10.5. The molecule has 0 saturated heterocycles. The van der Waals surface area contributed by atoms with Gasteiger partial charge in [-0.05, 0) is 36.4 Å². The molecular weight excluding hydrogens is 281 g/mol. The summed E-state index contributed by atoms with van der Waals surface area (Å²) >= 11 is 11.9. The first kappa shape index (κ1) is 14.2. The Hall–Kier alpha value is -1.22. The highest BCUT2D eigenvalue weighted by Gasteiger charge is 2.03. The molecule has 4 heteroatoms. The van der Waals surface area contributed by atoms with Gasteiger partial charge in [0.05, 0.1) is 5.02 Å². The van der Waals surface area contributed by atoms with Crippen LogP contribution in [-0.2, 0) is 13.2 Å². The van der Waals surface area contributed by atoms with Crippen LogP contribution in [0.5, 0.6) is 5.75 Å². The fourth-order valence-electron chi connectivity index (χ4n) is 1.79. The zero-order chi connectivity index (χ0) is 13.7. The highest BCUT2D eigenvalue weighted by atomic mass is 35.5. The molecule has 1 N–H and O–H groups in total. The van der Waals surface area contributed by atoms with Crippen LogP contribution >= 0.6 is 23.2 Å². The van der Waals surface area contributed by atoms with Gasteiger partial charge in [0.15, 0.2) is 0 Å². The van der Waals surface area contributed by atoms with Gasteiger partial charge in [-0.2, -0.15) is 0 Å². The van der Waals surface area contributed by atoms with E-state index in [1.54, 1.807) is 18.2 Å². The Labute approximate surface area is 123 Å². The van der Waals surface area contributed by atoms with Gasteiger partial charge in [-0.15, -0.1) is 0 Å². The van der Waals surface area contributed by atoms with Gasteiger partial charge in [0, 0.05) is 11.6 Å². The Kier molecular flexibility index (Phi) is 5.08. The van der Waals surface area contributed by atoms with E-state index in [1.807, 2.05) is 19.2 Å². The lowest BCUT2D eigenvalue weighted by Gasteiger charge is -2.09. The van der Waals surface area contributed by atoms with Crippen molar-refractivity contribution in [3.05, 3.63) is 63.6 Å². The highest BCUT2D eigenvalue weighted by Crippen LogP contribution is 2.28. The minimum atomic E-state index is 0.485. The molecule has 2 nitrogen and oxygen atoms in total. The molecule has 0 saturated carbocycles. The molecule has 0 amide bonds. The lowest BCUT2D eigenvalue weighted by atomic mass is 10.1. The van der Waals surface area contributed by atoms with Gasteiger partial charge in [-0.25, -0.2) is 0 Å². The smallest absolute Gasteiger partial charge is 0.138 e. The number of ether oxygens (including phenoxy) is 1. The Morgan fingerprint density at radius 2 is 1.84 bits per heavy atom. The molecule has 0 aliphatic carbocycles. The molecule has 0 aliphatic rings. The van der Waals surface area contributed by atoms with E-state index in [-0.39, 0.29) is 0 Å². The minimum Gasteiger partial charge on any atom is -0.487 e. The summed E-state index contributed by atoms with van der Waals surface area (Å²) in [5.41, 5.74) is 2.34. The zero-order valence-electron chi connectivity index (χ0n) is 10.6. The predicted octanol–water partition coefficient (Wildman–Crippen LogP) is 4.29. The fourth-order valence-corrected chi connectivity index (χ4v) is 2.25. The Morgan fingerprint density at radius 1 is 1.05 bits per heavy atom. The number of halogens is 2. The number of hydrogen-bond acceptors (Lipinski definition) is 2. The van der Waals surface area contributed by atoms with Crippen LogP contribution < -0.4 is 10.1 Å². The van der Waals surface area contributed by atoms with Crippen LogP contribution in [0.15, 0.2) is 42.5 Å². The first-order chi connectivity index (χ1) is 9.19. The van der Waals surface area contributed by atoms with Crippen LogP contribution in [0.4, 0.5) is 0 Å². The largest absolute Gasteiger partial charge is 0.487 e. The summed E-state index contributed by atoms with van der Waals surface area (Å²) in [6, 6.07) is 13.5. The molecule has 100 valence electrons. The number of benzene rings is 2. The molecule has 0 spiro atoms. The van der Waals surface area contributed by atoms with Crippen LogP contribution in [0.2, 0.25) is 10.0 Å². The summed E-state index contributed by atoms with van der Waals surface area (Å²) in [5.74, 6) is 0.644. The molecule has 2 aromatic rings. The Balaban J connectivity index is 2.03. The van der Waals surface area contributed by atoms with Crippen LogP contribution in [-0.4, -0.2) is 7.05 Å². The predicted molar refractivity (Wildman–Crippen MR) is 80.0 cm³/mol. The standard InChI is InChI=1S/C15H15Cl2NO/c1-18-9-11-3-2-4-12(7-11)10-19-15-6-5-13(16)8-14(15)17/h2-8,18H,9-10H2,1H3. The summed E-state index contributed by atoms with van der Waals surface area (Å²) in [7, 11) is 1.93. The zero-order valence-corrected chi connectivity index (χ0v) is 12.1. The third-order valence-electron chi connectivity index (χ3n) is 2.66. The lowest BCUT2D eigenvalue weighted by Crippen LogP contribution is -2.05. The molecule has 0 aromatic heterocycles. The van der Waals surface area contributed by atoms with E-state index in [4.69, 9.17) is 27.9 Å². The van der Waals surface area contributed by atoms with Gasteiger partial charge in [-0.3, -0.25) is 0 Å². The summed E-state index contributed by atoms with van der Waals surface area (Å²) < 4.78 is 5.70. The van der Waals surface area contributed by atoms with Crippen molar-refractivity contribution in [1.82, 2.24) is 5.32 Å². The SMILES string of the molecule is CNCc1cccc(COc2ccc(Cl)cc2Cl)c1. The monoisotopic (exact) mass is 295 g/mol. The molecule has 0 atom stereocenters. The maximum Gasteiger partial charge on any atom is 0.138 e. The number of hydrogen-bond donors (Lipinski definition) is 1. The summed E-state index contributed by atoms with van der Waals surface area (Å²) in [4.78, 5) is 0. The van der Waals surface area contributed by atoms with Gasteiger partial charge in [0.2, 0.25) is 0 Å². The molecule has 0 radical (unpaired) electrons. The van der Waals surface area contributed by atoms with Crippen LogP contribution in [0.3, 0.4) is 0 Å². The first-order valence-corrected chi connectivity index (χ1v) is 6.75. The molecule has 0 fully saturated rings. The summed E-state index contributed by atoms with van der Waals surface area (Å²) in [6.07, 6.45) is 0. The second kappa shape index (κ2) is 6.80. The topological polar surface area (TPSA) is 21.3 Å². The molecule has 0 bridgehead atoms. The molecule has 2 rings (SSSR count). The van der Waals surface area contributed by atoms with Crippen LogP contribution in [0.25, 0.3) is 0 Å². The van der Waals surface area contributed by atoms with Gasteiger partial charge in [0.1, 0.15) is 12.4 Å². The average Bonchev–Trinajstić information content (AvgIpc) is 2.38. The van der Waals surface area contributed by atoms with Crippen molar-refractivity contribution < 1.29 is 4.74 Å². The molecule has 0 aliphatic heterocycles. The van der Waals surface area contributed by atoms with Crippen molar-refractivity contribution >= 4 is 23.2 Å². The maximum absolute atomic E-state index is 6.06. The lowest BCUT2D eigenvalue weighted by molar-refractivity contribution is 0.306. The number of nitrogens with one attached hydrogen (secondary N) is 1. The van der Waals surface area contributed by atoms with Gasteiger partial charge < -0.3 is 10.1 Å². The first-order valence-electron chi connectivity index (χ1n) is 5.99. The van der Waals surface area contributed by atoms with E-state index in [0.29, 0.717) is 22.4 Å². The fraction of sp³-hybridized carbons (Fsp3) is 0.200. The average molecular weight is 296 g/mol. The third-order valence-corrected chi connectivity index (χ3v) is 3.19. The van der Waals surface area contributed by atoms with E-state index in [2.05, 4.69) is 17.4 Å². The van der Waals surface area contributed by atoms with E-state index >= 15 is 0 Å². The second-order valence-corrected chi connectivity index (χ2v) is 5.06. The minimum absolute atomic E-state index is 0.485. The summed E-state index contributed by atoms with van der Waals surface area (Å²) in [6.45, 7) is 1.33. The number of rotatable bonds is 5. The van der Waals surface area contributed by atoms with Crippen molar-refractivity contribution in [3.8, 4) is 5.75 Å². The summed E-state index contributed by atoms with van der Waals surface area (Å²) in [5, 5.41) is 4.26. The second-order valence-electron chi connectivity index (χ2n) is 4.21. The van der Waals surface area contributed by atoms with E-state index in [1.165, 1.54) is 5.56 Å².